The van der Waals surface area contributed by atoms with Crippen LogP contribution < -0.4 is 5.32 Å². The maximum atomic E-state index is 13.5. The predicted molar refractivity (Wildman–Crippen MR) is 117 cm³/mol. The van der Waals surface area contributed by atoms with E-state index < -0.39 is 0 Å². The Morgan fingerprint density at radius 2 is 1.93 bits per heavy atom. The zero-order valence-corrected chi connectivity index (χ0v) is 17.3. The standard InChI is InChI=1S/C23H20ClFN4O/c1-3-14(2)27-23-26-13-15-12-20(21(30)18-6-4-5-7-19(18)24)29(22(15)28-23)17-10-8-16(25)9-11-17/h4-14H,3H2,1-2H3,(H,26,27,28). The van der Waals surface area contributed by atoms with E-state index in [0.29, 0.717) is 38.9 Å². The number of hydrogen-bond donors (Lipinski definition) is 1. The molecule has 5 nitrogen and oxygen atoms in total. The number of ketones is 1. The lowest BCUT2D eigenvalue weighted by molar-refractivity contribution is 0.103. The maximum absolute atomic E-state index is 13.5. The molecule has 1 atom stereocenters. The van der Waals surface area contributed by atoms with Gasteiger partial charge in [0.15, 0.2) is 5.65 Å². The summed E-state index contributed by atoms with van der Waals surface area (Å²) in [6.45, 7) is 4.11. The van der Waals surface area contributed by atoms with Crippen LogP contribution in [0, 0.1) is 5.82 Å². The average Bonchev–Trinajstić information content (AvgIpc) is 3.13. The smallest absolute Gasteiger partial charge is 0.224 e. The van der Waals surface area contributed by atoms with Gasteiger partial charge in [0.1, 0.15) is 5.82 Å². The van der Waals surface area contributed by atoms with Crippen molar-refractivity contribution in [3.05, 3.63) is 82.9 Å². The molecule has 0 aliphatic heterocycles. The molecule has 2 heterocycles. The summed E-state index contributed by atoms with van der Waals surface area (Å²) in [6.07, 6.45) is 2.59. The van der Waals surface area contributed by atoms with Crippen molar-refractivity contribution in [2.45, 2.75) is 26.3 Å². The molecule has 0 saturated heterocycles. The van der Waals surface area contributed by atoms with Crippen molar-refractivity contribution in [1.29, 1.82) is 0 Å². The summed E-state index contributed by atoms with van der Waals surface area (Å²) in [7, 11) is 0. The van der Waals surface area contributed by atoms with Crippen molar-refractivity contribution in [2.75, 3.05) is 5.32 Å². The predicted octanol–water partition coefficient (Wildman–Crippen LogP) is 5.65. The van der Waals surface area contributed by atoms with Gasteiger partial charge in [0.25, 0.3) is 0 Å². The molecule has 0 amide bonds. The van der Waals surface area contributed by atoms with Crippen LogP contribution in [-0.4, -0.2) is 26.4 Å². The lowest BCUT2D eigenvalue weighted by Crippen LogP contribution is -2.16. The molecule has 7 heteroatoms. The molecule has 0 fully saturated rings. The van der Waals surface area contributed by atoms with Gasteiger partial charge in [0, 0.05) is 28.9 Å². The lowest BCUT2D eigenvalue weighted by atomic mass is 10.1. The number of nitrogens with zero attached hydrogens (tertiary/aromatic N) is 3. The molecular formula is C23H20ClFN4O. The Bertz CT molecular complexity index is 1220. The fourth-order valence-corrected chi connectivity index (χ4v) is 3.40. The lowest BCUT2D eigenvalue weighted by Gasteiger charge is -2.13. The molecule has 0 spiro atoms. The van der Waals surface area contributed by atoms with E-state index in [2.05, 4.69) is 22.2 Å². The number of carbonyl (C=O) groups is 1. The topological polar surface area (TPSA) is 59.8 Å². The molecule has 0 radical (unpaired) electrons. The summed E-state index contributed by atoms with van der Waals surface area (Å²) >= 11 is 6.27. The fourth-order valence-electron chi connectivity index (χ4n) is 3.18. The van der Waals surface area contributed by atoms with E-state index in [1.54, 1.807) is 53.2 Å². The zero-order valence-electron chi connectivity index (χ0n) is 16.6. The Labute approximate surface area is 178 Å². The second kappa shape index (κ2) is 8.24. The van der Waals surface area contributed by atoms with Crippen molar-refractivity contribution in [3.63, 3.8) is 0 Å². The molecule has 1 unspecified atom stereocenters. The van der Waals surface area contributed by atoms with E-state index in [0.717, 1.165) is 6.42 Å². The van der Waals surface area contributed by atoms with Gasteiger partial charge in [-0.25, -0.2) is 9.37 Å². The van der Waals surface area contributed by atoms with E-state index in [1.165, 1.54) is 12.1 Å². The second-order valence-electron chi connectivity index (χ2n) is 7.08. The SMILES string of the molecule is CCC(C)Nc1ncc2cc(C(=O)c3ccccc3Cl)n(-c3ccc(F)cc3)c2n1. The monoisotopic (exact) mass is 422 g/mol. The first-order valence-electron chi connectivity index (χ1n) is 9.68. The fraction of sp³-hybridized carbons (Fsp3) is 0.174. The molecule has 1 N–H and O–H groups in total. The van der Waals surface area contributed by atoms with Gasteiger partial charge in [-0.05, 0) is 55.8 Å². The molecular weight excluding hydrogens is 403 g/mol. The molecule has 152 valence electrons. The number of rotatable bonds is 6. The number of halogens is 2. The van der Waals surface area contributed by atoms with Crippen molar-refractivity contribution in [2.24, 2.45) is 0 Å². The first kappa shape index (κ1) is 20.0. The van der Waals surface area contributed by atoms with Gasteiger partial charge < -0.3 is 5.32 Å². The van der Waals surface area contributed by atoms with E-state index in [1.807, 2.05) is 6.92 Å². The first-order valence-corrected chi connectivity index (χ1v) is 10.1. The highest BCUT2D eigenvalue weighted by Gasteiger charge is 2.22. The third-order valence-electron chi connectivity index (χ3n) is 4.96. The number of carbonyl (C=O) groups excluding carboxylic acids is 1. The summed E-state index contributed by atoms with van der Waals surface area (Å²) in [5.74, 6) is -0.141. The van der Waals surface area contributed by atoms with E-state index in [4.69, 9.17) is 11.6 Å². The van der Waals surface area contributed by atoms with Gasteiger partial charge in [0.2, 0.25) is 11.7 Å². The normalized spacial score (nSPS) is 12.1. The molecule has 4 aromatic rings. The molecule has 30 heavy (non-hydrogen) atoms. The molecule has 0 aliphatic carbocycles. The first-order chi connectivity index (χ1) is 14.5. The Kier molecular flexibility index (Phi) is 5.50. The second-order valence-corrected chi connectivity index (χ2v) is 7.48. The minimum atomic E-state index is -0.358. The molecule has 2 aromatic carbocycles. The highest BCUT2D eigenvalue weighted by Crippen LogP contribution is 2.28. The number of hydrogen-bond acceptors (Lipinski definition) is 4. The number of anilines is 1. The van der Waals surface area contributed by atoms with Crippen molar-refractivity contribution < 1.29 is 9.18 Å². The van der Waals surface area contributed by atoms with Crippen molar-refractivity contribution in [1.82, 2.24) is 14.5 Å². The molecule has 0 bridgehead atoms. The Morgan fingerprint density at radius 3 is 2.63 bits per heavy atom. The Hall–Kier alpha value is -3.25. The van der Waals surface area contributed by atoms with Crippen LogP contribution >= 0.6 is 11.6 Å². The van der Waals surface area contributed by atoms with Crippen LogP contribution in [0.2, 0.25) is 5.02 Å². The van der Waals surface area contributed by atoms with Gasteiger partial charge in [-0.3, -0.25) is 9.36 Å². The van der Waals surface area contributed by atoms with Gasteiger partial charge in [-0.1, -0.05) is 30.7 Å². The minimum Gasteiger partial charge on any atom is -0.352 e. The quantitative estimate of drug-likeness (QED) is 0.407. The third-order valence-corrected chi connectivity index (χ3v) is 5.29. The Balaban J connectivity index is 1.93. The van der Waals surface area contributed by atoms with Crippen LogP contribution in [0.1, 0.15) is 36.3 Å². The summed E-state index contributed by atoms with van der Waals surface area (Å²) in [6, 6.07) is 14.7. The van der Waals surface area contributed by atoms with Crippen LogP contribution in [0.4, 0.5) is 10.3 Å². The molecule has 0 saturated carbocycles. The van der Waals surface area contributed by atoms with Crippen LogP contribution in [0.5, 0.6) is 0 Å². The molecule has 2 aromatic heterocycles. The van der Waals surface area contributed by atoms with Crippen LogP contribution in [0.3, 0.4) is 0 Å². The number of fused-ring (bicyclic) bond motifs is 1. The van der Waals surface area contributed by atoms with Crippen LogP contribution in [-0.2, 0) is 0 Å². The van der Waals surface area contributed by atoms with Crippen molar-refractivity contribution in [3.8, 4) is 5.69 Å². The number of nitrogens with one attached hydrogen (secondary N) is 1. The Morgan fingerprint density at radius 1 is 1.20 bits per heavy atom. The van der Waals surface area contributed by atoms with E-state index in [-0.39, 0.29) is 17.6 Å². The zero-order chi connectivity index (χ0) is 21.3. The van der Waals surface area contributed by atoms with Gasteiger partial charge in [-0.2, -0.15) is 4.98 Å². The highest BCUT2D eigenvalue weighted by atomic mass is 35.5. The van der Waals surface area contributed by atoms with E-state index in [9.17, 15) is 9.18 Å². The molecule has 4 rings (SSSR count). The number of aromatic nitrogens is 3. The molecule has 0 aliphatic rings. The van der Waals surface area contributed by atoms with Crippen molar-refractivity contribution >= 4 is 34.4 Å². The summed E-state index contributed by atoms with van der Waals surface area (Å²) in [5.41, 5.74) is 1.93. The number of benzene rings is 2. The van der Waals surface area contributed by atoms with Crippen LogP contribution in [0.15, 0.2) is 60.8 Å². The summed E-state index contributed by atoms with van der Waals surface area (Å²) in [4.78, 5) is 22.4. The maximum Gasteiger partial charge on any atom is 0.224 e. The average molecular weight is 423 g/mol. The minimum absolute atomic E-state index is 0.195. The van der Waals surface area contributed by atoms with Crippen LogP contribution in [0.25, 0.3) is 16.7 Å². The van der Waals surface area contributed by atoms with Gasteiger partial charge >= 0.3 is 0 Å². The van der Waals surface area contributed by atoms with Gasteiger partial charge in [0.05, 0.1) is 10.7 Å². The highest BCUT2D eigenvalue weighted by molar-refractivity contribution is 6.35. The largest absolute Gasteiger partial charge is 0.352 e. The summed E-state index contributed by atoms with van der Waals surface area (Å²) < 4.78 is 15.2. The third kappa shape index (κ3) is 3.78. The van der Waals surface area contributed by atoms with Gasteiger partial charge in [-0.15, -0.1) is 0 Å². The van der Waals surface area contributed by atoms with E-state index >= 15 is 0 Å². The summed E-state index contributed by atoms with van der Waals surface area (Å²) in [5, 5.41) is 4.31.